The Morgan fingerprint density at radius 2 is 1.67 bits per heavy atom. The van der Waals surface area contributed by atoms with Crippen LogP contribution in [0.4, 0.5) is 5.95 Å². The zero-order valence-corrected chi connectivity index (χ0v) is 19.1. The minimum absolute atomic E-state index is 0.111. The average molecular weight is 442 g/mol. The molecule has 170 valence electrons. The van der Waals surface area contributed by atoms with Crippen molar-refractivity contribution in [2.45, 2.75) is 38.1 Å². The summed E-state index contributed by atoms with van der Waals surface area (Å²) in [6.45, 7) is 5.62. The molecule has 3 heterocycles. The van der Waals surface area contributed by atoms with Crippen molar-refractivity contribution >= 4 is 22.6 Å². The maximum atomic E-state index is 13.4. The first-order valence-electron chi connectivity index (χ1n) is 12.4. The second kappa shape index (κ2) is 8.75. The number of hydrogen-bond acceptors (Lipinski definition) is 5. The molecule has 6 rings (SSSR count). The summed E-state index contributed by atoms with van der Waals surface area (Å²) in [7, 11) is 0. The number of carbonyl (C=O) groups excluding carboxylic acids is 1. The van der Waals surface area contributed by atoms with Gasteiger partial charge in [0, 0.05) is 63.5 Å². The lowest BCUT2D eigenvalue weighted by molar-refractivity contribution is 0.0765. The number of nitrogens with zero attached hydrogens (tertiary/aromatic N) is 5. The zero-order chi connectivity index (χ0) is 22.2. The van der Waals surface area contributed by atoms with Gasteiger partial charge < -0.3 is 9.80 Å². The third-order valence-corrected chi connectivity index (χ3v) is 7.71. The number of benzene rings is 2. The highest BCUT2D eigenvalue weighted by molar-refractivity contribution is 6.07. The number of aromatic nitrogens is 2. The molecule has 3 aromatic rings. The van der Waals surface area contributed by atoms with Gasteiger partial charge in [-0.3, -0.25) is 9.69 Å². The van der Waals surface area contributed by atoms with Crippen LogP contribution in [0.15, 0.2) is 48.7 Å². The van der Waals surface area contributed by atoms with Gasteiger partial charge >= 0.3 is 0 Å². The van der Waals surface area contributed by atoms with Crippen molar-refractivity contribution in [1.29, 1.82) is 0 Å². The minimum Gasteiger partial charge on any atom is -0.338 e. The Hall–Kier alpha value is -2.99. The van der Waals surface area contributed by atoms with Crippen LogP contribution in [0.2, 0.25) is 0 Å². The van der Waals surface area contributed by atoms with Crippen LogP contribution in [0.5, 0.6) is 0 Å². The highest BCUT2D eigenvalue weighted by Crippen LogP contribution is 2.27. The van der Waals surface area contributed by atoms with Crippen molar-refractivity contribution in [1.82, 2.24) is 19.8 Å². The van der Waals surface area contributed by atoms with E-state index in [0.29, 0.717) is 13.1 Å². The summed E-state index contributed by atoms with van der Waals surface area (Å²) in [5.41, 5.74) is 3.07. The van der Waals surface area contributed by atoms with Crippen molar-refractivity contribution in [2.75, 3.05) is 44.2 Å². The lowest BCUT2D eigenvalue weighted by Gasteiger charge is -2.43. The second-order valence-electron chi connectivity index (χ2n) is 9.57. The van der Waals surface area contributed by atoms with Gasteiger partial charge in [-0.15, -0.1) is 0 Å². The van der Waals surface area contributed by atoms with Crippen LogP contribution in [-0.2, 0) is 12.8 Å². The molecule has 2 aliphatic heterocycles. The Kier molecular flexibility index (Phi) is 5.46. The highest BCUT2D eigenvalue weighted by atomic mass is 16.2. The lowest BCUT2D eigenvalue weighted by atomic mass is 9.91. The Balaban J connectivity index is 1.15. The minimum atomic E-state index is 0.111. The van der Waals surface area contributed by atoms with E-state index in [9.17, 15) is 4.79 Å². The first-order chi connectivity index (χ1) is 16.3. The monoisotopic (exact) mass is 441 g/mol. The third kappa shape index (κ3) is 3.97. The Labute approximate surface area is 195 Å². The smallest absolute Gasteiger partial charge is 0.254 e. The summed E-state index contributed by atoms with van der Waals surface area (Å²) < 4.78 is 0. The fourth-order valence-corrected chi connectivity index (χ4v) is 5.44. The number of hydrogen-bond donors (Lipinski definition) is 0. The fourth-order valence-electron chi connectivity index (χ4n) is 5.44. The summed E-state index contributed by atoms with van der Waals surface area (Å²) in [6.07, 6.45) is 7.71. The van der Waals surface area contributed by atoms with Gasteiger partial charge in [-0.1, -0.05) is 42.8 Å². The molecular formula is C27H31N5O. The number of fused-ring (bicyclic) bond motifs is 2. The number of piperazine rings is 1. The molecule has 0 N–H and O–H groups in total. The van der Waals surface area contributed by atoms with Gasteiger partial charge in [0.25, 0.3) is 5.91 Å². The van der Waals surface area contributed by atoms with E-state index in [1.165, 1.54) is 24.8 Å². The average Bonchev–Trinajstić information content (AvgIpc) is 3.05. The van der Waals surface area contributed by atoms with E-state index in [1.807, 2.05) is 41.4 Å². The molecule has 1 aliphatic carbocycles. The van der Waals surface area contributed by atoms with Gasteiger partial charge in [0.15, 0.2) is 0 Å². The van der Waals surface area contributed by atoms with Crippen LogP contribution >= 0.6 is 0 Å². The van der Waals surface area contributed by atoms with E-state index in [2.05, 4.69) is 21.9 Å². The SMILES string of the molecule is O=C(c1cccc2ccccc12)N1CCc2cnc(N3CCN(C4CCC4)CC3)nc2CC1. The largest absolute Gasteiger partial charge is 0.338 e. The van der Waals surface area contributed by atoms with Gasteiger partial charge in [0.05, 0.1) is 5.69 Å². The van der Waals surface area contributed by atoms with Gasteiger partial charge in [-0.2, -0.15) is 0 Å². The topological polar surface area (TPSA) is 52.6 Å². The van der Waals surface area contributed by atoms with Crippen molar-refractivity contribution in [3.05, 3.63) is 65.5 Å². The molecule has 6 heteroatoms. The molecule has 1 amide bonds. The van der Waals surface area contributed by atoms with E-state index in [4.69, 9.17) is 9.97 Å². The number of amides is 1. The first-order valence-corrected chi connectivity index (χ1v) is 12.4. The number of rotatable bonds is 3. The van der Waals surface area contributed by atoms with E-state index >= 15 is 0 Å². The van der Waals surface area contributed by atoms with Crippen molar-refractivity contribution in [2.24, 2.45) is 0 Å². The van der Waals surface area contributed by atoms with Crippen LogP contribution in [0, 0.1) is 0 Å². The summed E-state index contributed by atoms with van der Waals surface area (Å²) in [5, 5.41) is 2.13. The third-order valence-electron chi connectivity index (χ3n) is 7.71. The second-order valence-corrected chi connectivity index (χ2v) is 9.57. The Morgan fingerprint density at radius 3 is 2.48 bits per heavy atom. The van der Waals surface area contributed by atoms with E-state index in [-0.39, 0.29) is 5.91 Å². The molecule has 0 radical (unpaired) electrons. The Bertz CT molecular complexity index is 1160. The maximum absolute atomic E-state index is 13.4. The first kappa shape index (κ1) is 20.6. The lowest BCUT2D eigenvalue weighted by Crippen LogP contribution is -2.52. The van der Waals surface area contributed by atoms with E-state index < -0.39 is 0 Å². The normalized spacial score (nSPS) is 19.8. The quantitative estimate of drug-likeness (QED) is 0.622. The summed E-state index contributed by atoms with van der Waals surface area (Å²) >= 11 is 0. The maximum Gasteiger partial charge on any atom is 0.254 e. The molecule has 2 fully saturated rings. The molecule has 0 bridgehead atoms. The molecular weight excluding hydrogens is 410 g/mol. The van der Waals surface area contributed by atoms with Crippen LogP contribution in [0.1, 0.15) is 40.9 Å². The molecule has 1 saturated heterocycles. The van der Waals surface area contributed by atoms with Gasteiger partial charge in [-0.05, 0) is 41.7 Å². The molecule has 0 atom stereocenters. The molecule has 33 heavy (non-hydrogen) atoms. The zero-order valence-electron chi connectivity index (χ0n) is 19.1. The van der Waals surface area contributed by atoms with E-state index in [1.54, 1.807) is 0 Å². The number of anilines is 1. The van der Waals surface area contributed by atoms with Crippen LogP contribution < -0.4 is 4.90 Å². The fraction of sp³-hybridized carbons (Fsp3) is 0.444. The molecule has 3 aliphatic rings. The van der Waals surface area contributed by atoms with Gasteiger partial charge in [-0.25, -0.2) is 9.97 Å². The van der Waals surface area contributed by atoms with Crippen molar-refractivity contribution < 1.29 is 4.79 Å². The molecule has 0 unspecified atom stereocenters. The van der Waals surface area contributed by atoms with Crippen LogP contribution in [0.3, 0.4) is 0 Å². The van der Waals surface area contributed by atoms with E-state index in [0.717, 1.165) is 73.0 Å². The molecule has 2 aromatic carbocycles. The Morgan fingerprint density at radius 1 is 0.879 bits per heavy atom. The standard InChI is InChI=1S/C27H31N5O/c33-26(24-10-3-6-20-5-1-2-9-23(20)24)31-13-11-21-19-28-27(29-25(21)12-14-31)32-17-15-30(16-18-32)22-7-4-8-22/h1-3,5-6,9-10,19,22H,4,7-8,11-18H2. The predicted octanol–water partition coefficient (Wildman–Crippen LogP) is 3.55. The summed E-state index contributed by atoms with van der Waals surface area (Å²) in [4.78, 5) is 30.1. The molecule has 0 spiro atoms. The summed E-state index contributed by atoms with van der Waals surface area (Å²) in [5.74, 6) is 0.968. The van der Waals surface area contributed by atoms with Crippen molar-refractivity contribution in [3.63, 3.8) is 0 Å². The van der Waals surface area contributed by atoms with Crippen LogP contribution in [-0.4, -0.2) is 71.0 Å². The van der Waals surface area contributed by atoms with Crippen molar-refractivity contribution in [3.8, 4) is 0 Å². The van der Waals surface area contributed by atoms with Gasteiger partial charge in [0.2, 0.25) is 5.95 Å². The summed E-state index contributed by atoms with van der Waals surface area (Å²) in [6, 6.07) is 14.9. The predicted molar refractivity (Wildman–Crippen MR) is 131 cm³/mol. The van der Waals surface area contributed by atoms with Gasteiger partial charge in [0.1, 0.15) is 0 Å². The molecule has 1 saturated carbocycles. The molecule has 6 nitrogen and oxygen atoms in total. The molecule has 1 aromatic heterocycles. The van der Waals surface area contributed by atoms with Crippen LogP contribution in [0.25, 0.3) is 10.8 Å². The number of carbonyl (C=O) groups is 1. The highest BCUT2D eigenvalue weighted by Gasteiger charge is 2.29.